The summed E-state index contributed by atoms with van der Waals surface area (Å²) in [4.78, 5) is 20.5. The number of carbonyl (C=O) groups is 1. The van der Waals surface area contributed by atoms with Gasteiger partial charge in [0.15, 0.2) is 0 Å². The van der Waals surface area contributed by atoms with Gasteiger partial charge in [-0.3, -0.25) is 4.79 Å². The quantitative estimate of drug-likeness (QED) is 0.705. The molecule has 0 saturated carbocycles. The van der Waals surface area contributed by atoms with Gasteiger partial charge in [-0.15, -0.1) is 0 Å². The zero-order chi connectivity index (χ0) is 10.6. The van der Waals surface area contributed by atoms with Crippen molar-refractivity contribution >= 4 is 12.2 Å². The average Bonchev–Trinajstić information content (AvgIpc) is 2.09. The lowest BCUT2D eigenvalue weighted by Gasteiger charge is -2.12. The molecule has 1 aromatic rings. The first-order valence-corrected chi connectivity index (χ1v) is 4.31. The van der Waals surface area contributed by atoms with Gasteiger partial charge < -0.3 is 10.2 Å². The average molecular weight is 194 g/mol. The highest BCUT2D eigenvalue weighted by Crippen LogP contribution is 2.11. The van der Waals surface area contributed by atoms with Crippen LogP contribution in [0.15, 0.2) is 6.20 Å². The predicted octanol–water partition coefficient (Wildman–Crippen LogP) is 0.415. The third-order valence-electron chi connectivity index (χ3n) is 1.67. The van der Waals surface area contributed by atoms with E-state index in [1.165, 1.54) is 0 Å². The van der Waals surface area contributed by atoms with Gasteiger partial charge in [0.25, 0.3) is 0 Å². The van der Waals surface area contributed by atoms with E-state index in [2.05, 4.69) is 15.3 Å². The van der Waals surface area contributed by atoms with Crippen LogP contribution < -0.4 is 5.32 Å². The van der Waals surface area contributed by atoms with E-state index in [0.717, 1.165) is 5.56 Å². The minimum absolute atomic E-state index is 0.584. The molecule has 1 amide bonds. The fraction of sp³-hybridized carbons (Fsp3) is 0.444. The molecule has 0 fully saturated rings. The van der Waals surface area contributed by atoms with E-state index in [9.17, 15) is 4.79 Å². The Morgan fingerprint density at radius 2 is 2.29 bits per heavy atom. The van der Waals surface area contributed by atoms with Crippen molar-refractivity contribution in [3.05, 3.63) is 17.6 Å². The summed E-state index contributed by atoms with van der Waals surface area (Å²) in [6.07, 6.45) is 2.36. The summed E-state index contributed by atoms with van der Waals surface area (Å²) < 4.78 is 0. The van der Waals surface area contributed by atoms with Gasteiger partial charge in [0.2, 0.25) is 6.41 Å². The molecule has 14 heavy (non-hydrogen) atoms. The van der Waals surface area contributed by atoms with Crippen LogP contribution in [0, 0.1) is 6.92 Å². The fourth-order valence-corrected chi connectivity index (χ4v) is 1.13. The van der Waals surface area contributed by atoms with Crippen molar-refractivity contribution in [3.63, 3.8) is 0 Å². The van der Waals surface area contributed by atoms with Crippen molar-refractivity contribution in [2.24, 2.45) is 0 Å². The molecule has 0 unspecified atom stereocenters. The summed E-state index contributed by atoms with van der Waals surface area (Å²) in [6, 6.07) is 0. The molecule has 1 rings (SSSR count). The van der Waals surface area contributed by atoms with Crippen molar-refractivity contribution in [2.75, 3.05) is 19.4 Å². The zero-order valence-electron chi connectivity index (χ0n) is 8.61. The van der Waals surface area contributed by atoms with Crippen molar-refractivity contribution in [3.8, 4) is 0 Å². The van der Waals surface area contributed by atoms with Crippen LogP contribution in [-0.2, 0) is 11.3 Å². The summed E-state index contributed by atoms with van der Waals surface area (Å²) in [6.45, 7) is 2.49. The number of carbonyl (C=O) groups excluding carboxylic acids is 1. The molecule has 1 N–H and O–H groups in total. The molecule has 5 nitrogen and oxygen atoms in total. The van der Waals surface area contributed by atoms with Crippen molar-refractivity contribution in [2.45, 2.75) is 13.5 Å². The van der Waals surface area contributed by atoms with Crippen LogP contribution >= 0.6 is 0 Å². The lowest BCUT2D eigenvalue weighted by Crippen LogP contribution is -2.14. The van der Waals surface area contributed by atoms with E-state index in [0.29, 0.717) is 24.6 Å². The number of amides is 1. The minimum Gasteiger partial charge on any atom is -0.313 e. The second kappa shape index (κ2) is 4.66. The number of aromatic nitrogens is 2. The maximum Gasteiger partial charge on any atom is 0.212 e. The molecule has 0 spiro atoms. The molecule has 0 aliphatic rings. The zero-order valence-corrected chi connectivity index (χ0v) is 8.61. The molecule has 0 aliphatic heterocycles. The first kappa shape index (κ1) is 10.6. The second-order valence-electron chi connectivity index (χ2n) is 3.29. The van der Waals surface area contributed by atoms with Gasteiger partial charge >= 0.3 is 0 Å². The Morgan fingerprint density at radius 1 is 1.57 bits per heavy atom. The van der Waals surface area contributed by atoms with E-state index >= 15 is 0 Å². The highest BCUT2D eigenvalue weighted by atomic mass is 16.1. The van der Waals surface area contributed by atoms with Crippen molar-refractivity contribution < 1.29 is 4.79 Å². The SMILES string of the molecule is Cc1ncc(CN(C)C)c(NC=O)n1. The third kappa shape index (κ3) is 2.77. The monoisotopic (exact) mass is 194 g/mol. The van der Waals surface area contributed by atoms with Crippen LogP contribution in [-0.4, -0.2) is 35.4 Å². The van der Waals surface area contributed by atoms with Gasteiger partial charge in [-0.25, -0.2) is 9.97 Å². The first-order chi connectivity index (χ1) is 6.63. The highest BCUT2D eigenvalue weighted by Gasteiger charge is 2.05. The molecule has 5 heteroatoms. The van der Waals surface area contributed by atoms with Gasteiger partial charge in [0.1, 0.15) is 11.6 Å². The normalized spacial score (nSPS) is 10.3. The van der Waals surface area contributed by atoms with E-state index in [1.807, 2.05) is 19.0 Å². The van der Waals surface area contributed by atoms with Gasteiger partial charge in [-0.2, -0.15) is 0 Å². The molecular formula is C9H14N4O. The van der Waals surface area contributed by atoms with Crippen LogP contribution in [0.2, 0.25) is 0 Å². The van der Waals surface area contributed by atoms with Gasteiger partial charge in [0, 0.05) is 18.3 Å². The van der Waals surface area contributed by atoms with Crippen molar-refractivity contribution in [1.82, 2.24) is 14.9 Å². The van der Waals surface area contributed by atoms with Crippen molar-refractivity contribution in [1.29, 1.82) is 0 Å². The lowest BCUT2D eigenvalue weighted by atomic mass is 10.3. The molecular weight excluding hydrogens is 180 g/mol. The largest absolute Gasteiger partial charge is 0.313 e. The Morgan fingerprint density at radius 3 is 2.86 bits per heavy atom. The summed E-state index contributed by atoms with van der Waals surface area (Å²) >= 11 is 0. The molecule has 76 valence electrons. The molecule has 0 aliphatic carbocycles. The second-order valence-corrected chi connectivity index (χ2v) is 3.29. The summed E-state index contributed by atoms with van der Waals surface area (Å²) in [5.41, 5.74) is 0.910. The summed E-state index contributed by atoms with van der Waals surface area (Å²) in [5.74, 6) is 1.23. The fourth-order valence-electron chi connectivity index (χ4n) is 1.13. The topological polar surface area (TPSA) is 58.1 Å². The Balaban J connectivity index is 2.95. The predicted molar refractivity (Wildman–Crippen MR) is 53.8 cm³/mol. The molecule has 0 bridgehead atoms. The number of hydrogen-bond donors (Lipinski definition) is 1. The molecule has 1 heterocycles. The van der Waals surface area contributed by atoms with Gasteiger partial charge in [0.05, 0.1) is 0 Å². The Labute approximate surface area is 83.2 Å². The first-order valence-electron chi connectivity index (χ1n) is 4.31. The number of nitrogens with zero attached hydrogens (tertiary/aromatic N) is 3. The molecule has 1 aromatic heterocycles. The van der Waals surface area contributed by atoms with Gasteiger partial charge in [-0.05, 0) is 21.0 Å². The molecule has 0 radical (unpaired) electrons. The molecule has 0 saturated heterocycles. The minimum atomic E-state index is 0.584. The number of nitrogens with one attached hydrogen (secondary N) is 1. The van der Waals surface area contributed by atoms with Crippen LogP contribution in [0.25, 0.3) is 0 Å². The maximum absolute atomic E-state index is 10.3. The number of anilines is 1. The molecule has 0 aromatic carbocycles. The third-order valence-corrected chi connectivity index (χ3v) is 1.67. The Bertz CT molecular complexity index is 325. The summed E-state index contributed by atoms with van der Waals surface area (Å²) in [5, 5.41) is 2.56. The smallest absolute Gasteiger partial charge is 0.212 e. The van der Waals surface area contributed by atoms with Crippen LogP contribution in [0.4, 0.5) is 5.82 Å². The Hall–Kier alpha value is -1.49. The number of rotatable bonds is 4. The highest BCUT2D eigenvalue weighted by molar-refractivity contribution is 5.70. The summed E-state index contributed by atoms with van der Waals surface area (Å²) in [7, 11) is 3.90. The van der Waals surface area contributed by atoms with E-state index in [1.54, 1.807) is 13.1 Å². The Kier molecular flexibility index (Phi) is 3.53. The van der Waals surface area contributed by atoms with Crippen LogP contribution in [0.3, 0.4) is 0 Å². The maximum atomic E-state index is 10.3. The lowest BCUT2D eigenvalue weighted by molar-refractivity contribution is -0.105. The van der Waals surface area contributed by atoms with E-state index in [-0.39, 0.29) is 0 Å². The van der Waals surface area contributed by atoms with E-state index in [4.69, 9.17) is 0 Å². The number of hydrogen-bond acceptors (Lipinski definition) is 4. The number of aryl methyl sites for hydroxylation is 1. The standard InChI is InChI=1S/C9H14N4O/c1-7-10-4-8(5-13(2)3)9(12-7)11-6-14/h4,6H,5H2,1-3H3,(H,10,11,12,14). The van der Waals surface area contributed by atoms with Crippen LogP contribution in [0.5, 0.6) is 0 Å². The van der Waals surface area contributed by atoms with Crippen LogP contribution in [0.1, 0.15) is 11.4 Å². The van der Waals surface area contributed by atoms with Gasteiger partial charge in [-0.1, -0.05) is 0 Å². The van der Waals surface area contributed by atoms with E-state index < -0.39 is 0 Å². The molecule has 0 atom stereocenters.